The topological polar surface area (TPSA) is 59.6 Å². The summed E-state index contributed by atoms with van der Waals surface area (Å²) in [7, 11) is 0. The Morgan fingerprint density at radius 2 is 2.12 bits per heavy atom. The van der Waals surface area contributed by atoms with E-state index in [1.807, 2.05) is 24.3 Å². The molecule has 4 nitrogen and oxygen atoms in total. The summed E-state index contributed by atoms with van der Waals surface area (Å²) in [6.45, 7) is 1.86. The van der Waals surface area contributed by atoms with E-state index in [0.717, 1.165) is 31.1 Å². The van der Waals surface area contributed by atoms with Crippen LogP contribution >= 0.6 is 0 Å². The smallest absolute Gasteiger partial charge is 0.188 e. The maximum absolute atomic E-state index is 5.78. The van der Waals surface area contributed by atoms with Gasteiger partial charge in [-0.2, -0.15) is 0 Å². The third-order valence-electron chi connectivity index (χ3n) is 3.06. The van der Waals surface area contributed by atoms with Crippen LogP contribution in [0, 0.1) is 0 Å². The monoisotopic (exact) mass is 217 g/mol. The first-order chi connectivity index (χ1) is 7.81. The van der Waals surface area contributed by atoms with Gasteiger partial charge in [-0.3, -0.25) is 0 Å². The molecule has 1 saturated heterocycles. The number of nitrogens with two attached hydrogens (primary N) is 1. The Balaban J connectivity index is 1.69. The SMILES string of the molecule is Nc1ccc(CC2=NC3CNCC3O2)cc1. The van der Waals surface area contributed by atoms with Crippen molar-refractivity contribution in [2.75, 3.05) is 18.8 Å². The Bertz CT molecular complexity index is 413. The van der Waals surface area contributed by atoms with Crippen molar-refractivity contribution >= 4 is 11.6 Å². The van der Waals surface area contributed by atoms with Crippen LogP contribution in [0.1, 0.15) is 5.56 Å². The van der Waals surface area contributed by atoms with Crippen molar-refractivity contribution in [1.29, 1.82) is 0 Å². The van der Waals surface area contributed by atoms with Gasteiger partial charge < -0.3 is 15.8 Å². The molecule has 4 heteroatoms. The van der Waals surface area contributed by atoms with Crippen molar-refractivity contribution < 1.29 is 4.74 Å². The quantitative estimate of drug-likeness (QED) is 0.712. The first kappa shape index (κ1) is 9.66. The molecule has 3 rings (SSSR count). The number of anilines is 1. The Kier molecular flexibility index (Phi) is 2.29. The van der Waals surface area contributed by atoms with Gasteiger partial charge in [0.05, 0.1) is 0 Å². The summed E-state index contributed by atoms with van der Waals surface area (Å²) in [6, 6.07) is 8.19. The number of hydrogen-bond donors (Lipinski definition) is 2. The van der Waals surface area contributed by atoms with Crippen LogP contribution in [0.2, 0.25) is 0 Å². The number of fused-ring (bicyclic) bond motifs is 1. The zero-order chi connectivity index (χ0) is 11.0. The van der Waals surface area contributed by atoms with Crippen LogP contribution in [0.25, 0.3) is 0 Å². The number of ether oxygens (including phenoxy) is 1. The highest BCUT2D eigenvalue weighted by molar-refractivity contribution is 5.80. The minimum Gasteiger partial charge on any atom is -0.474 e. The molecule has 2 heterocycles. The molecule has 2 atom stereocenters. The standard InChI is InChI=1S/C12H15N3O/c13-9-3-1-8(2-4-9)5-12-15-10-6-14-7-11(10)16-12/h1-4,10-11,14H,5-7,13H2. The second-order valence-corrected chi connectivity index (χ2v) is 4.32. The van der Waals surface area contributed by atoms with Gasteiger partial charge >= 0.3 is 0 Å². The van der Waals surface area contributed by atoms with Crippen molar-refractivity contribution in [2.45, 2.75) is 18.6 Å². The highest BCUT2D eigenvalue weighted by Crippen LogP contribution is 2.19. The summed E-state index contributed by atoms with van der Waals surface area (Å²) in [5.74, 6) is 0.862. The van der Waals surface area contributed by atoms with E-state index in [4.69, 9.17) is 10.5 Å². The van der Waals surface area contributed by atoms with Crippen molar-refractivity contribution in [3.8, 4) is 0 Å². The molecule has 1 aromatic rings. The fourth-order valence-corrected chi connectivity index (χ4v) is 2.18. The second kappa shape index (κ2) is 3.79. The molecule has 1 aromatic carbocycles. The average Bonchev–Trinajstić information content (AvgIpc) is 2.81. The van der Waals surface area contributed by atoms with Gasteiger partial charge in [-0.1, -0.05) is 12.1 Å². The lowest BCUT2D eigenvalue weighted by Crippen LogP contribution is -2.20. The maximum Gasteiger partial charge on any atom is 0.188 e. The maximum atomic E-state index is 5.78. The zero-order valence-electron chi connectivity index (χ0n) is 9.02. The largest absolute Gasteiger partial charge is 0.474 e. The number of nitrogens with zero attached hydrogens (tertiary/aromatic N) is 1. The number of rotatable bonds is 2. The molecule has 0 amide bonds. The molecule has 1 fully saturated rings. The lowest BCUT2D eigenvalue weighted by atomic mass is 10.1. The van der Waals surface area contributed by atoms with Crippen molar-refractivity contribution in [3.63, 3.8) is 0 Å². The van der Waals surface area contributed by atoms with Crippen LogP contribution in [-0.2, 0) is 11.2 Å². The number of nitrogen functional groups attached to an aromatic ring is 1. The molecule has 0 saturated carbocycles. The van der Waals surface area contributed by atoms with Gasteiger partial charge in [0.2, 0.25) is 0 Å². The molecule has 0 spiro atoms. The van der Waals surface area contributed by atoms with Crippen molar-refractivity contribution in [1.82, 2.24) is 5.32 Å². The Labute approximate surface area is 94.5 Å². The molecule has 0 bridgehead atoms. The Morgan fingerprint density at radius 3 is 2.88 bits per heavy atom. The van der Waals surface area contributed by atoms with E-state index in [1.165, 1.54) is 5.56 Å². The first-order valence-corrected chi connectivity index (χ1v) is 5.60. The van der Waals surface area contributed by atoms with Crippen LogP contribution in [0.4, 0.5) is 5.69 Å². The van der Waals surface area contributed by atoms with Gasteiger partial charge in [-0.15, -0.1) is 0 Å². The second-order valence-electron chi connectivity index (χ2n) is 4.32. The van der Waals surface area contributed by atoms with Crippen molar-refractivity contribution in [2.24, 2.45) is 4.99 Å². The van der Waals surface area contributed by atoms with Gasteiger partial charge in [-0.25, -0.2) is 4.99 Å². The number of benzene rings is 1. The highest BCUT2D eigenvalue weighted by Gasteiger charge is 2.34. The molecule has 16 heavy (non-hydrogen) atoms. The van der Waals surface area contributed by atoms with Crippen LogP contribution in [-0.4, -0.2) is 31.1 Å². The van der Waals surface area contributed by atoms with Gasteiger partial charge in [0, 0.05) is 25.2 Å². The Hall–Kier alpha value is -1.55. The van der Waals surface area contributed by atoms with Crippen LogP contribution < -0.4 is 11.1 Å². The highest BCUT2D eigenvalue weighted by atomic mass is 16.5. The van der Waals surface area contributed by atoms with Gasteiger partial charge in [0.15, 0.2) is 5.90 Å². The van der Waals surface area contributed by atoms with E-state index in [9.17, 15) is 0 Å². The van der Waals surface area contributed by atoms with Gasteiger partial charge in [0.1, 0.15) is 12.1 Å². The molecule has 2 unspecified atom stereocenters. The summed E-state index contributed by atoms with van der Waals surface area (Å²) in [6.07, 6.45) is 1.02. The molecule has 2 aliphatic heterocycles. The van der Waals surface area contributed by atoms with E-state index < -0.39 is 0 Å². The predicted molar refractivity (Wildman–Crippen MR) is 63.5 cm³/mol. The fraction of sp³-hybridized carbons (Fsp3) is 0.417. The van der Waals surface area contributed by atoms with Crippen LogP contribution in [0.5, 0.6) is 0 Å². The number of nitrogens with one attached hydrogen (secondary N) is 1. The summed E-state index contributed by atoms with van der Waals surface area (Å²) in [4.78, 5) is 4.57. The molecular weight excluding hydrogens is 202 g/mol. The third-order valence-corrected chi connectivity index (χ3v) is 3.06. The summed E-state index contributed by atoms with van der Waals surface area (Å²) in [5.41, 5.74) is 7.63. The number of hydrogen-bond acceptors (Lipinski definition) is 4. The molecule has 0 radical (unpaired) electrons. The summed E-state index contributed by atoms with van der Waals surface area (Å²) >= 11 is 0. The fourth-order valence-electron chi connectivity index (χ4n) is 2.18. The summed E-state index contributed by atoms with van der Waals surface area (Å²) in [5, 5.41) is 3.27. The van der Waals surface area contributed by atoms with E-state index >= 15 is 0 Å². The lowest BCUT2D eigenvalue weighted by molar-refractivity contribution is 0.220. The minimum absolute atomic E-state index is 0.254. The lowest BCUT2D eigenvalue weighted by Gasteiger charge is -2.08. The van der Waals surface area contributed by atoms with Gasteiger partial charge in [0.25, 0.3) is 0 Å². The molecule has 84 valence electrons. The predicted octanol–water partition coefficient (Wildman–Crippen LogP) is 0.580. The molecule has 0 aromatic heterocycles. The average molecular weight is 217 g/mol. The zero-order valence-corrected chi connectivity index (χ0v) is 9.02. The third kappa shape index (κ3) is 1.76. The van der Waals surface area contributed by atoms with E-state index in [2.05, 4.69) is 10.3 Å². The van der Waals surface area contributed by atoms with Crippen LogP contribution in [0.3, 0.4) is 0 Å². The first-order valence-electron chi connectivity index (χ1n) is 5.60. The van der Waals surface area contributed by atoms with Crippen molar-refractivity contribution in [3.05, 3.63) is 29.8 Å². The Morgan fingerprint density at radius 1 is 1.31 bits per heavy atom. The van der Waals surface area contributed by atoms with E-state index in [-0.39, 0.29) is 6.10 Å². The van der Waals surface area contributed by atoms with E-state index in [0.29, 0.717) is 6.04 Å². The normalized spacial score (nSPS) is 27.4. The number of aliphatic imine (C=N–C) groups is 1. The molecule has 0 aliphatic carbocycles. The summed E-state index contributed by atoms with van der Waals surface area (Å²) < 4.78 is 5.78. The molecular formula is C12H15N3O. The van der Waals surface area contributed by atoms with Gasteiger partial charge in [-0.05, 0) is 17.7 Å². The van der Waals surface area contributed by atoms with E-state index in [1.54, 1.807) is 0 Å². The molecule has 3 N–H and O–H groups in total. The van der Waals surface area contributed by atoms with Crippen LogP contribution in [0.15, 0.2) is 29.3 Å². The molecule has 2 aliphatic rings. The minimum atomic E-state index is 0.254.